The quantitative estimate of drug-likeness (QED) is 0.724. The van der Waals surface area contributed by atoms with Crippen LogP contribution in [0.2, 0.25) is 0 Å². The fraction of sp³-hybridized carbons (Fsp3) is 0.417. The van der Waals surface area contributed by atoms with Gasteiger partial charge in [-0.2, -0.15) is 5.26 Å². The maximum Gasteiger partial charge on any atom is 0.0628 e. The molecule has 1 atom stereocenters. The van der Waals surface area contributed by atoms with E-state index in [4.69, 9.17) is 5.26 Å². The fourth-order valence-electron chi connectivity index (χ4n) is 1.56. The summed E-state index contributed by atoms with van der Waals surface area (Å²) < 4.78 is 0. The van der Waals surface area contributed by atoms with Crippen LogP contribution in [0, 0.1) is 11.3 Å². The molecule has 0 spiro atoms. The molecule has 0 heterocycles. The first kappa shape index (κ1) is 10.7. The van der Waals surface area contributed by atoms with Crippen LogP contribution in [0.3, 0.4) is 0 Å². The third kappa shape index (κ3) is 3.20. The molecule has 0 radical (unpaired) electrons. The summed E-state index contributed by atoms with van der Waals surface area (Å²) in [7, 11) is 4.07. The number of hydrogen-bond acceptors (Lipinski definition) is 2. The first-order valence-corrected chi connectivity index (χ1v) is 4.80. The van der Waals surface area contributed by atoms with Crippen molar-refractivity contribution in [3.8, 4) is 6.07 Å². The predicted molar refractivity (Wildman–Crippen MR) is 58.0 cm³/mol. The summed E-state index contributed by atoms with van der Waals surface area (Å²) in [6, 6.07) is 12.5. The van der Waals surface area contributed by atoms with E-state index in [-0.39, 0.29) is 0 Å². The van der Waals surface area contributed by atoms with Crippen molar-refractivity contribution < 1.29 is 0 Å². The van der Waals surface area contributed by atoms with Crippen LogP contribution in [0.1, 0.15) is 17.9 Å². The Morgan fingerprint density at radius 3 is 2.43 bits per heavy atom. The van der Waals surface area contributed by atoms with Gasteiger partial charge in [0.15, 0.2) is 0 Å². The Labute approximate surface area is 85.8 Å². The topological polar surface area (TPSA) is 27.0 Å². The lowest BCUT2D eigenvalue weighted by atomic mass is 9.96. The lowest BCUT2D eigenvalue weighted by Gasteiger charge is -2.18. The van der Waals surface area contributed by atoms with E-state index in [1.54, 1.807) is 0 Å². The third-order valence-electron chi connectivity index (χ3n) is 2.19. The van der Waals surface area contributed by atoms with Crippen LogP contribution in [0.5, 0.6) is 0 Å². The van der Waals surface area contributed by atoms with Crippen molar-refractivity contribution in [2.75, 3.05) is 20.6 Å². The Morgan fingerprint density at radius 1 is 1.29 bits per heavy atom. The summed E-state index contributed by atoms with van der Waals surface area (Å²) in [5, 5.41) is 8.74. The first-order valence-electron chi connectivity index (χ1n) is 4.80. The van der Waals surface area contributed by atoms with E-state index in [2.05, 4.69) is 23.1 Å². The second-order valence-electron chi connectivity index (χ2n) is 3.73. The van der Waals surface area contributed by atoms with Gasteiger partial charge in [0, 0.05) is 18.9 Å². The van der Waals surface area contributed by atoms with Gasteiger partial charge in [-0.1, -0.05) is 30.3 Å². The van der Waals surface area contributed by atoms with Crippen LogP contribution in [-0.2, 0) is 0 Å². The van der Waals surface area contributed by atoms with Crippen LogP contribution in [0.15, 0.2) is 30.3 Å². The van der Waals surface area contributed by atoms with E-state index >= 15 is 0 Å². The first-order chi connectivity index (χ1) is 6.74. The molecule has 1 aromatic rings. The Bertz CT molecular complexity index is 298. The van der Waals surface area contributed by atoms with Crippen LogP contribution in [-0.4, -0.2) is 25.5 Å². The van der Waals surface area contributed by atoms with Gasteiger partial charge >= 0.3 is 0 Å². The molecule has 2 heteroatoms. The van der Waals surface area contributed by atoms with E-state index in [1.165, 1.54) is 5.56 Å². The molecule has 0 bridgehead atoms. The second kappa shape index (κ2) is 5.41. The molecular weight excluding hydrogens is 172 g/mol. The molecule has 0 aromatic heterocycles. The summed E-state index contributed by atoms with van der Waals surface area (Å²) in [6.07, 6.45) is 0.586. The van der Waals surface area contributed by atoms with E-state index in [0.717, 1.165) is 6.54 Å². The van der Waals surface area contributed by atoms with E-state index in [9.17, 15) is 0 Å². The van der Waals surface area contributed by atoms with Gasteiger partial charge in [0.2, 0.25) is 0 Å². The monoisotopic (exact) mass is 188 g/mol. The third-order valence-corrected chi connectivity index (χ3v) is 2.19. The zero-order valence-electron chi connectivity index (χ0n) is 8.77. The van der Waals surface area contributed by atoms with Crippen LogP contribution < -0.4 is 0 Å². The smallest absolute Gasteiger partial charge is 0.0628 e. The van der Waals surface area contributed by atoms with Crippen molar-refractivity contribution in [1.82, 2.24) is 4.90 Å². The minimum absolute atomic E-state index is 0.330. The number of benzene rings is 1. The molecule has 1 rings (SSSR count). The molecule has 74 valence electrons. The van der Waals surface area contributed by atoms with Gasteiger partial charge in [-0.25, -0.2) is 0 Å². The van der Waals surface area contributed by atoms with Crippen LogP contribution >= 0.6 is 0 Å². The fourth-order valence-corrected chi connectivity index (χ4v) is 1.56. The molecule has 0 N–H and O–H groups in total. The SMILES string of the molecule is CN(C)CC(CC#N)c1ccccc1. The van der Waals surface area contributed by atoms with Crippen molar-refractivity contribution in [2.24, 2.45) is 0 Å². The highest BCUT2D eigenvalue weighted by molar-refractivity contribution is 5.20. The summed E-state index contributed by atoms with van der Waals surface area (Å²) in [6.45, 7) is 0.928. The van der Waals surface area contributed by atoms with Crippen molar-refractivity contribution >= 4 is 0 Å². The second-order valence-corrected chi connectivity index (χ2v) is 3.73. The van der Waals surface area contributed by atoms with Crippen molar-refractivity contribution in [3.63, 3.8) is 0 Å². The minimum Gasteiger partial charge on any atom is -0.309 e. The Balaban J connectivity index is 2.73. The van der Waals surface area contributed by atoms with E-state index in [0.29, 0.717) is 12.3 Å². The standard InChI is InChI=1S/C12H16N2/c1-14(2)10-12(8-9-13)11-6-4-3-5-7-11/h3-7,12H,8,10H2,1-2H3. The number of rotatable bonds is 4. The molecule has 1 aromatic carbocycles. The lowest BCUT2D eigenvalue weighted by molar-refractivity contribution is 0.374. The van der Waals surface area contributed by atoms with Gasteiger partial charge in [-0.05, 0) is 19.7 Å². The average Bonchev–Trinajstić information content (AvgIpc) is 2.18. The van der Waals surface area contributed by atoms with Gasteiger partial charge in [-0.15, -0.1) is 0 Å². The van der Waals surface area contributed by atoms with Gasteiger partial charge < -0.3 is 4.90 Å². The van der Waals surface area contributed by atoms with Crippen molar-refractivity contribution in [1.29, 1.82) is 5.26 Å². The molecule has 14 heavy (non-hydrogen) atoms. The normalized spacial score (nSPS) is 12.4. The predicted octanol–water partition coefficient (Wildman–Crippen LogP) is 2.25. The minimum atomic E-state index is 0.330. The molecule has 2 nitrogen and oxygen atoms in total. The van der Waals surface area contributed by atoms with Crippen molar-refractivity contribution in [2.45, 2.75) is 12.3 Å². The lowest BCUT2D eigenvalue weighted by Crippen LogP contribution is -2.20. The highest BCUT2D eigenvalue weighted by Gasteiger charge is 2.11. The average molecular weight is 188 g/mol. The highest BCUT2D eigenvalue weighted by Crippen LogP contribution is 2.19. The van der Waals surface area contributed by atoms with Crippen molar-refractivity contribution in [3.05, 3.63) is 35.9 Å². The summed E-state index contributed by atoms with van der Waals surface area (Å²) in [4.78, 5) is 2.12. The Morgan fingerprint density at radius 2 is 1.93 bits per heavy atom. The molecular formula is C12H16N2. The summed E-state index contributed by atoms with van der Waals surface area (Å²) in [5.41, 5.74) is 1.25. The van der Waals surface area contributed by atoms with Gasteiger partial charge in [-0.3, -0.25) is 0 Å². The molecule has 0 amide bonds. The molecule has 0 fully saturated rings. The zero-order chi connectivity index (χ0) is 10.4. The molecule has 0 saturated carbocycles. The van der Waals surface area contributed by atoms with Crippen LogP contribution in [0.4, 0.5) is 0 Å². The van der Waals surface area contributed by atoms with Gasteiger partial charge in [0.1, 0.15) is 0 Å². The number of hydrogen-bond donors (Lipinski definition) is 0. The molecule has 0 aliphatic heterocycles. The summed E-state index contributed by atoms with van der Waals surface area (Å²) >= 11 is 0. The van der Waals surface area contributed by atoms with E-state index < -0.39 is 0 Å². The van der Waals surface area contributed by atoms with Gasteiger partial charge in [0.25, 0.3) is 0 Å². The van der Waals surface area contributed by atoms with Crippen LogP contribution in [0.25, 0.3) is 0 Å². The maximum atomic E-state index is 8.74. The molecule has 0 aliphatic carbocycles. The zero-order valence-corrected chi connectivity index (χ0v) is 8.77. The maximum absolute atomic E-state index is 8.74. The molecule has 0 saturated heterocycles. The highest BCUT2D eigenvalue weighted by atomic mass is 15.1. The van der Waals surface area contributed by atoms with E-state index in [1.807, 2.05) is 32.3 Å². The Hall–Kier alpha value is -1.33. The molecule has 1 unspecified atom stereocenters. The molecule has 0 aliphatic rings. The van der Waals surface area contributed by atoms with Gasteiger partial charge in [0.05, 0.1) is 6.07 Å². The number of nitrogens with zero attached hydrogens (tertiary/aromatic N) is 2. The Kier molecular flexibility index (Phi) is 4.15. The number of nitriles is 1. The number of likely N-dealkylation sites (N-methyl/N-ethyl adjacent to an activating group) is 1. The summed E-state index contributed by atoms with van der Waals surface area (Å²) in [5.74, 6) is 0.330. The largest absolute Gasteiger partial charge is 0.309 e.